The molecular weight excluding hydrogens is 362 g/mol. The molecule has 0 aromatic carbocycles. The molecule has 136 valence electrons. The summed E-state index contributed by atoms with van der Waals surface area (Å²) in [7, 11) is -1.36. The maximum atomic E-state index is 9.22. The van der Waals surface area contributed by atoms with Gasteiger partial charge in [0.05, 0.1) is 11.5 Å². The zero-order valence-corrected chi connectivity index (χ0v) is 15.5. The number of pyridine rings is 1. The Kier molecular flexibility index (Phi) is 7.43. The average molecular weight is 383 g/mol. The lowest BCUT2D eigenvalue weighted by Crippen LogP contribution is -2.31. The summed E-state index contributed by atoms with van der Waals surface area (Å²) in [6, 6.07) is 3.98. The van der Waals surface area contributed by atoms with E-state index >= 15 is 0 Å². The minimum atomic E-state index is -1.36. The van der Waals surface area contributed by atoms with Gasteiger partial charge in [0.2, 0.25) is 0 Å². The minimum Gasteiger partial charge on any atom is -0.445 e. The Morgan fingerprint density at radius 1 is 1.56 bits per heavy atom. The molecule has 1 aliphatic heterocycles. The van der Waals surface area contributed by atoms with Crippen LogP contribution in [-0.4, -0.2) is 40.7 Å². The number of halogens is 1. The van der Waals surface area contributed by atoms with Crippen LogP contribution in [0.4, 0.5) is 5.69 Å². The van der Waals surface area contributed by atoms with Crippen LogP contribution in [0.1, 0.15) is 12.8 Å². The largest absolute Gasteiger partial charge is 0.445 e. The molecular formula is C15H21ClN7OS-. The van der Waals surface area contributed by atoms with Gasteiger partial charge >= 0.3 is 0 Å². The van der Waals surface area contributed by atoms with Crippen molar-refractivity contribution in [2.45, 2.75) is 19.4 Å². The second-order valence-corrected chi connectivity index (χ2v) is 6.96. The van der Waals surface area contributed by atoms with Crippen molar-refractivity contribution >= 4 is 38.9 Å². The first kappa shape index (κ1) is 19.4. The lowest BCUT2D eigenvalue weighted by atomic mass is 9.98. The van der Waals surface area contributed by atoms with Crippen LogP contribution < -0.4 is 10.6 Å². The van der Waals surface area contributed by atoms with Gasteiger partial charge in [0.15, 0.2) is 10.8 Å². The fraction of sp³-hybridized carbons (Fsp3) is 0.533. The highest BCUT2D eigenvalue weighted by atomic mass is 35.5. The molecule has 1 saturated heterocycles. The SMILES string of the molecule is C[S-](=N)=O.N#CCn1nc(Cl)c2c(NCC3CCNCC3)ccnc21. The van der Waals surface area contributed by atoms with Crippen molar-refractivity contribution in [1.82, 2.24) is 20.1 Å². The Bertz CT molecular complexity index is 813. The predicted octanol–water partition coefficient (Wildman–Crippen LogP) is 2.36. The summed E-state index contributed by atoms with van der Waals surface area (Å²) in [5.41, 5.74) is 1.59. The second kappa shape index (κ2) is 9.56. The van der Waals surface area contributed by atoms with Crippen molar-refractivity contribution in [3.63, 3.8) is 0 Å². The van der Waals surface area contributed by atoms with E-state index in [1.54, 1.807) is 6.20 Å². The predicted molar refractivity (Wildman–Crippen MR) is 98.9 cm³/mol. The van der Waals surface area contributed by atoms with Crippen LogP contribution >= 0.6 is 11.6 Å². The highest BCUT2D eigenvalue weighted by Gasteiger charge is 2.16. The van der Waals surface area contributed by atoms with Crippen LogP contribution in [0.5, 0.6) is 0 Å². The third-order valence-corrected chi connectivity index (χ3v) is 4.12. The summed E-state index contributed by atoms with van der Waals surface area (Å²) in [5, 5.41) is 21.0. The molecule has 2 aromatic rings. The maximum absolute atomic E-state index is 9.22. The summed E-state index contributed by atoms with van der Waals surface area (Å²) < 4.78 is 16.8. The topological polar surface area (TPSA) is 119 Å². The van der Waals surface area contributed by atoms with E-state index < -0.39 is 10.6 Å². The summed E-state index contributed by atoms with van der Waals surface area (Å²) in [6.45, 7) is 3.23. The summed E-state index contributed by atoms with van der Waals surface area (Å²) in [4.78, 5) is 4.29. The lowest BCUT2D eigenvalue weighted by molar-refractivity contribution is 0.390. The van der Waals surface area contributed by atoms with Crippen LogP contribution in [0, 0.1) is 22.0 Å². The van der Waals surface area contributed by atoms with Gasteiger partial charge in [-0.2, -0.15) is 21.0 Å². The molecule has 0 aliphatic carbocycles. The van der Waals surface area contributed by atoms with Crippen molar-refractivity contribution in [1.29, 1.82) is 10.0 Å². The molecule has 0 spiro atoms. The van der Waals surface area contributed by atoms with Gasteiger partial charge in [-0.25, -0.2) is 9.67 Å². The number of rotatable bonds is 4. The maximum Gasteiger partial charge on any atom is 0.162 e. The Hall–Kier alpha value is -1.89. The van der Waals surface area contributed by atoms with Gasteiger partial charge in [-0.05, 0) is 37.9 Å². The van der Waals surface area contributed by atoms with E-state index in [2.05, 4.69) is 26.8 Å². The molecule has 0 saturated carbocycles. The van der Waals surface area contributed by atoms with Crippen LogP contribution in [0.3, 0.4) is 0 Å². The molecule has 1 fully saturated rings. The molecule has 3 N–H and O–H groups in total. The number of nitrogens with one attached hydrogen (secondary N) is 3. The van der Waals surface area contributed by atoms with Crippen molar-refractivity contribution in [3.05, 3.63) is 17.4 Å². The molecule has 0 radical (unpaired) electrons. The number of fused-ring (bicyclic) bond motifs is 1. The van der Waals surface area contributed by atoms with Gasteiger partial charge < -0.3 is 19.6 Å². The van der Waals surface area contributed by atoms with Gasteiger partial charge in [-0.15, -0.1) is 6.26 Å². The Morgan fingerprint density at radius 3 is 2.88 bits per heavy atom. The van der Waals surface area contributed by atoms with Gasteiger partial charge in [0, 0.05) is 18.4 Å². The number of piperidine rings is 1. The van der Waals surface area contributed by atoms with Crippen molar-refractivity contribution in [2.75, 3.05) is 31.2 Å². The molecule has 0 unspecified atom stereocenters. The molecule has 2 aromatic heterocycles. The average Bonchev–Trinajstić information content (AvgIpc) is 2.91. The molecule has 3 heterocycles. The molecule has 25 heavy (non-hydrogen) atoms. The second-order valence-electron chi connectivity index (χ2n) is 5.69. The Balaban J connectivity index is 0.000000511. The Morgan fingerprint density at radius 2 is 2.24 bits per heavy atom. The molecule has 0 amide bonds. The van der Waals surface area contributed by atoms with Gasteiger partial charge in [-0.3, -0.25) is 0 Å². The minimum absolute atomic E-state index is 0.147. The number of nitrogens with zero attached hydrogens (tertiary/aromatic N) is 4. The van der Waals surface area contributed by atoms with Crippen LogP contribution in [-0.2, 0) is 21.3 Å². The summed E-state index contributed by atoms with van der Waals surface area (Å²) in [6.07, 6.45) is 5.39. The number of nitriles is 1. The van der Waals surface area contributed by atoms with E-state index in [0.717, 1.165) is 30.7 Å². The number of hydrogen-bond donors (Lipinski definition) is 3. The van der Waals surface area contributed by atoms with Gasteiger partial charge in [0.1, 0.15) is 6.54 Å². The molecule has 0 bridgehead atoms. The molecule has 10 heteroatoms. The van der Waals surface area contributed by atoms with E-state index in [1.807, 2.05) is 6.07 Å². The standard InChI is InChI=1S/C14H17ClN6.CH4NOS/c15-13-12-11(19-9-10-1-5-17-6-2-10)3-7-18-14(12)21(20-13)8-4-16;1-4(2)3/h3,7,10,17H,1-2,5-6,8-9H2,(H,18,19);2H,1H3/q;-1. The normalized spacial score (nSPS) is 14.8. The number of hydrogen-bond acceptors (Lipinski definition) is 8. The van der Waals surface area contributed by atoms with Gasteiger partial charge in [-0.1, -0.05) is 11.6 Å². The van der Waals surface area contributed by atoms with E-state index in [-0.39, 0.29) is 6.54 Å². The third-order valence-electron chi connectivity index (χ3n) is 3.85. The van der Waals surface area contributed by atoms with E-state index in [9.17, 15) is 4.21 Å². The Labute approximate surface area is 153 Å². The monoisotopic (exact) mass is 382 g/mol. The van der Waals surface area contributed by atoms with Crippen LogP contribution in [0.2, 0.25) is 5.15 Å². The number of aromatic nitrogens is 3. The molecule has 3 rings (SSSR count). The number of anilines is 1. The first-order chi connectivity index (χ1) is 12.0. The van der Waals surface area contributed by atoms with Crippen molar-refractivity contribution in [2.24, 2.45) is 5.92 Å². The zero-order valence-electron chi connectivity index (χ0n) is 14.0. The zero-order chi connectivity index (χ0) is 18.2. The van der Waals surface area contributed by atoms with E-state index in [1.165, 1.54) is 23.8 Å². The molecule has 8 nitrogen and oxygen atoms in total. The summed E-state index contributed by atoms with van der Waals surface area (Å²) >= 11 is 6.21. The lowest BCUT2D eigenvalue weighted by Gasteiger charge is -2.23. The molecule has 1 aliphatic rings. The highest BCUT2D eigenvalue weighted by Crippen LogP contribution is 2.29. The van der Waals surface area contributed by atoms with Gasteiger partial charge in [0.25, 0.3) is 0 Å². The quantitative estimate of drug-likeness (QED) is 0.698. The highest BCUT2D eigenvalue weighted by molar-refractivity contribution is 7.72. The van der Waals surface area contributed by atoms with Crippen LogP contribution in [0.25, 0.3) is 11.0 Å². The fourth-order valence-electron chi connectivity index (χ4n) is 2.72. The fourth-order valence-corrected chi connectivity index (χ4v) is 3.00. The molecule has 0 atom stereocenters. The van der Waals surface area contributed by atoms with E-state index in [4.69, 9.17) is 21.6 Å². The van der Waals surface area contributed by atoms with Crippen LogP contribution in [0.15, 0.2) is 12.3 Å². The van der Waals surface area contributed by atoms with Crippen molar-refractivity contribution < 1.29 is 4.21 Å². The first-order valence-electron chi connectivity index (χ1n) is 7.90. The summed E-state index contributed by atoms with van der Waals surface area (Å²) in [5.74, 6) is 0.669. The third kappa shape index (κ3) is 5.56. The van der Waals surface area contributed by atoms with E-state index in [0.29, 0.717) is 16.7 Å². The smallest absolute Gasteiger partial charge is 0.162 e. The first-order valence-corrected chi connectivity index (χ1v) is 9.83. The van der Waals surface area contributed by atoms with Crippen molar-refractivity contribution in [3.8, 4) is 6.07 Å².